The zero-order chi connectivity index (χ0) is 24.5. The summed E-state index contributed by atoms with van der Waals surface area (Å²) in [5, 5.41) is 7.68. The molecule has 3 aromatic rings. The van der Waals surface area contributed by atoms with Gasteiger partial charge in [-0.2, -0.15) is 5.10 Å². The van der Waals surface area contributed by atoms with E-state index in [0.29, 0.717) is 35.3 Å². The van der Waals surface area contributed by atoms with Gasteiger partial charge in [0.2, 0.25) is 12.0 Å². The number of hydrogen-bond donors (Lipinski definition) is 0. The number of hydrogen-bond acceptors (Lipinski definition) is 7. The molecule has 7 nitrogen and oxygen atoms in total. The fourth-order valence-electron chi connectivity index (χ4n) is 4.61. The van der Waals surface area contributed by atoms with Gasteiger partial charge in [0.15, 0.2) is 11.5 Å². The quantitative estimate of drug-likeness (QED) is 0.401. The molecule has 2 aliphatic heterocycles. The van der Waals surface area contributed by atoms with Crippen LogP contribution in [0.4, 0.5) is 0 Å². The Hall–Kier alpha value is -3.58. The summed E-state index contributed by atoms with van der Waals surface area (Å²) in [6.45, 7) is 2.60. The summed E-state index contributed by atoms with van der Waals surface area (Å²) in [5.41, 5.74) is 3.84. The minimum absolute atomic E-state index is 0.0388. The van der Waals surface area contributed by atoms with Crippen molar-refractivity contribution in [1.82, 2.24) is 5.01 Å². The van der Waals surface area contributed by atoms with E-state index in [9.17, 15) is 0 Å². The molecule has 182 valence electrons. The molecule has 0 spiro atoms. The third-order valence-corrected chi connectivity index (χ3v) is 6.46. The highest BCUT2D eigenvalue weighted by Crippen LogP contribution is 2.50. The number of hydrazone groups is 1. The Kier molecular flexibility index (Phi) is 6.34. The first-order chi connectivity index (χ1) is 17.1. The van der Waals surface area contributed by atoms with Gasteiger partial charge in [0.1, 0.15) is 11.5 Å². The van der Waals surface area contributed by atoms with Gasteiger partial charge < -0.3 is 23.7 Å². The molecule has 0 N–H and O–H groups in total. The van der Waals surface area contributed by atoms with E-state index in [1.165, 1.54) is 0 Å². The lowest BCUT2D eigenvalue weighted by molar-refractivity contribution is -0.0192. The van der Waals surface area contributed by atoms with Crippen LogP contribution in [-0.2, 0) is 0 Å². The summed E-state index contributed by atoms with van der Waals surface area (Å²) < 4.78 is 28.7. The third kappa shape index (κ3) is 4.21. The van der Waals surface area contributed by atoms with Gasteiger partial charge in [-0.25, -0.2) is 5.01 Å². The van der Waals surface area contributed by atoms with Crippen molar-refractivity contribution in [1.29, 1.82) is 0 Å². The number of nitrogens with zero attached hydrogens (tertiary/aromatic N) is 2. The molecule has 3 aromatic carbocycles. The van der Waals surface area contributed by atoms with Crippen LogP contribution in [0.2, 0.25) is 5.02 Å². The molecule has 0 radical (unpaired) electrons. The normalized spacial score (nSPS) is 18.2. The van der Waals surface area contributed by atoms with E-state index in [-0.39, 0.29) is 6.04 Å². The standard InChI is InChI=1S/C27H27ClN2O5/c1-5-34-19-9-6-16(7-10-19)21-15-22-20-14-18(28)8-11-23(20)35-27(30(22)29-21)17-12-24(31-2)26(33-4)25(13-17)32-3/h6-14,22,27H,5,15H2,1-4H3/t22-,27+/m0/s1. The molecule has 0 aromatic heterocycles. The van der Waals surface area contributed by atoms with Crippen LogP contribution < -0.4 is 23.7 Å². The Bertz CT molecular complexity index is 1240. The van der Waals surface area contributed by atoms with Crippen molar-refractivity contribution in [2.24, 2.45) is 5.10 Å². The van der Waals surface area contributed by atoms with Crippen LogP contribution in [-0.4, -0.2) is 38.7 Å². The Morgan fingerprint density at radius 2 is 1.69 bits per heavy atom. The monoisotopic (exact) mass is 494 g/mol. The first-order valence-corrected chi connectivity index (χ1v) is 11.8. The first-order valence-electron chi connectivity index (χ1n) is 11.4. The van der Waals surface area contributed by atoms with Gasteiger partial charge in [0.25, 0.3) is 0 Å². The van der Waals surface area contributed by atoms with E-state index in [2.05, 4.69) is 0 Å². The van der Waals surface area contributed by atoms with Crippen molar-refractivity contribution < 1.29 is 23.7 Å². The van der Waals surface area contributed by atoms with E-state index in [1.54, 1.807) is 21.3 Å². The minimum atomic E-state index is -0.498. The molecule has 2 heterocycles. The summed E-state index contributed by atoms with van der Waals surface area (Å²) in [6.07, 6.45) is 0.216. The second-order valence-corrected chi connectivity index (χ2v) is 8.65. The summed E-state index contributed by atoms with van der Waals surface area (Å²) in [6, 6.07) is 17.5. The van der Waals surface area contributed by atoms with Gasteiger partial charge >= 0.3 is 0 Å². The number of fused-ring (bicyclic) bond motifs is 3. The maximum absolute atomic E-state index is 6.48. The van der Waals surface area contributed by atoms with Gasteiger partial charge in [-0.05, 0) is 67.1 Å². The zero-order valence-electron chi connectivity index (χ0n) is 20.1. The molecule has 0 unspecified atom stereocenters. The Morgan fingerprint density at radius 1 is 0.971 bits per heavy atom. The van der Waals surface area contributed by atoms with Crippen LogP contribution in [0.5, 0.6) is 28.7 Å². The van der Waals surface area contributed by atoms with Crippen molar-refractivity contribution >= 4 is 17.3 Å². The molecule has 5 rings (SSSR count). The van der Waals surface area contributed by atoms with Crippen molar-refractivity contribution in [3.05, 3.63) is 76.3 Å². The summed E-state index contributed by atoms with van der Waals surface area (Å²) in [7, 11) is 4.78. The van der Waals surface area contributed by atoms with Crippen LogP contribution in [0.15, 0.2) is 59.7 Å². The number of halogens is 1. The van der Waals surface area contributed by atoms with E-state index >= 15 is 0 Å². The second kappa shape index (κ2) is 9.58. The Morgan fingerprint density at radius 3 is 2.31 bits per heavy atom. The molecule has 0 amide bonds. The van der Waals surface area contributed by atoms with Gasteiger partial charge in [-0.1, -0.05) is 11.6 Å². The molecule has 0 saturated carbocycles. The number of methoxy groups -OCH3 is 3. The van der Waals surface area contributed by atoms with E-state index < -0.39 is 6.23 Å². The van der Waals surface area contributed by atoms with Gasteiger partial charge in [0, 0.05) is 22.6 Å². The summed E-state index contributed by atoms with van der Waals surface area (Å²) in [4.78, 5) is 0. The van der Waals surface area contributed by atoms with Crippen molar-refractivity contribution in [2.75, 3.05) is 27.9 Å². The average Bonchev–Trinajstić information content (AvgIpc) is 3.34. The zero-order valence-corrected chi connectivity index (χ0v) is 20.8. The Labute approximate surface area is 209 Å². The van der Waals surface area contributed by atoms with E-state index in [0.717, 1.165) is 33.9 Å². The molecule has 0 bridgehead atoms. The molecule has 2 aliphatic rings. The van der Waals surface area contributed by atoms with Crippen LogP contribution in [0.25, 0.3) is 0 Å². The lowest BCUT2D eigenvalue weighted by atomic mass is 9.95. The predicted octanol–water partition coefficient (Wildman–Crippen LogP) is 6.01. The fourth-order valence-corrected chi connectivity index (χ4v) is 4.79. The Balaban J connectivity index is 1.59. The molecule has 0 saturated heterocycles. The van der Waals surface area contributed by atoms with Crippen LogP contribution in [0.3, 0.4) is 0 Å². The molecular weight excluding hydrogens is 468 g/mol. The predicted molar refractivity (Wildman–Crippen MR) is 134 cm³/mol. The third-order valence-electron chi connectivity index (χ3n) is 6.22. The van der Waals surface area contributed by atoms with Crippen molar-refractivity contribution in [3.63, 3.8) is 0 Å². The van der Waals surface area contributed by atoms with Crippen molar-refractivity contribution in [2.45, 2.75) is 25.6 Å². The highest BCUT2D eigenvalue weighted by molar-refractivity contribution is 6.30. The van der Waals surface area contributed by atoms with Gasteiger partial charge in [-0.3, -0.25) is 0 Å². The average molecular weight is 495 g/mol. The summed E-state index contributed by atoms with van der Waals surface area (Å²) >= 11 is 6.36. The van der Waals surface area contributed by atoms with Crippen LogP contribution in [0, 0.1) is 0 Å². The SMILES string of the molecule is CCOc1ccc(C2=NN3[C@@H](c4cc(OC)c(OC)c(OC)c4)Oc4ccc(Cl)cc4[C@@H]3C2)cc1. The number of benzene rings is 3. The topological polar surface area (TPSA) is 61.8 Å². The molecule has 35 heavy (non-hydrogen) atoms. The highest BCUT2D eigenvalue weighted by atomic mass is 35.5. The fraction of sp³-hybridized carbons (Fsp3) is 0.296. The largest absolute Gasteiger partial charge is 0.494 e. The van der Waals surface area contributed by atoms with Crippen LogP contribution in [0.1, 0.15) is 42.3 Å². The van der Waals surface area contributed by atoms with Gasteiger partial charge in [0.05, 0.1) is 39.7 Å². The van der Waals surface area contributed by atoms with E-state index in [4.69, 9.17) is 40.4 Å². The first kappa shape index (κ1) is 23.2. The second-order valence-electron chi connectivity index (χ2n) is 8.22. The molecule has 0 aliphatic carbocycles. The number of ether oxygens (including phenoxy) is 5. The smallest absolute Gasteiger partial charge is 0.214 e. The maximum atomic E-state index is 6.48. The molecular formula is C27H27ClN2O5. The molecule has 0 fully saturated rings. The molecule has 2 atom stereocenters. The maximum Gasteiger partial charge on any atom is 0.214 e. The minimum Gasteiger partial charge on any atom is -0.494 e. The van der Waals surface area contributed by atoms with E-state index in [1.807, 2.05) is 66.5 Å². The highest BCUT2D eigenvalue weighted by Gasteiger charge is 2.41. The lowest BCUT2D eigenvalue weighted by Crippen LogP contribution is -2.33. The van der Waals surface area contributed by atoms with Crippen molar-refractivity contribution in [3.8, 4) is 28.7 Å². The molecule has 8 heteroatoms. The van der Waals surface area contributed by atoms with Gasteiger partial charge in [-0.15, -0.1) is 0 Å². The number of rotatable bonds is 7. The van der Waals surface area contributed by atoms with Crippen LogP contribution >= 0.6 is 11.6 Å². The summed E-state index contributed by atoms with van der Waals surface area (Å²) in [5.74, 6) is 3.25. The lowest BCUT2D eigenvalue weighted by Gasteiger charge is -2.38.